The van der Waals surface area contributed by atoms with Crippen molar-refractivity contribution in [1.82, 2.24) is 0 Å². The molecule has 0 saturated carbocycles. The number of anilines is 2. The average molecular weight is 207 g/mol. The van der Waals surface area contributed by atoms with Crippen LogP contribution in [0.4, 0.5) is 11.4 Å². The molecule has 1 amide bonds. The first-order chi connectivity index (χ1) is 7.00. The maximum atomic E-state index is 11.6. The van der Waals surface area contributed by atoms with Crippen LogP contribution < -0.4 is 16.8 Å². The molecule has 4 heteroatoms. The predicted molar refractivity (Wildman–Crippen MR) is 62.3 cm³/mol. The third kappa shape index (κ3) is 3.25. The zero-order valence-electron chi connectivity index (χ0n) is 9.03. The summed E-state index contributed by atoms with van der Waals surface area (Å²) < 4.78 is 0. The second-order valence-corrected chi connectivity index (χ2v) is 3.88. The lowest BCUT2D eigenvalue weighted by atomic mass is 10.0. The molecule has 0 aliphatic carbocycles. The molecule has 0 spiro atoms. The number of nitrogens with one attached hydrogen (secondary N) is 1. The van der Waals surface area contributed by atoms with Crippen LogP contribution >= 0.6 is 0 Å². The molecule has 0 fully saturated rings. The maximum Gasteiger partial charge on any atom is 0.241 e. The summed E-state index contributed by atoms with van der Waals surface area (Å²) in [5.74, 6) is -0.0679. The number of amides is 1. The molecule has 0 heterocycles. The summed E-state index contributed by atoms with van der Waals surface area (Å²) in [6, 6.07) is 6.53. The highest BCUT2D eigenvalue weighted by atomic mass is 16.2. The van der Waals surface area contributed by atoms with Crippen molar-refractivity contribution < 1.29 is 4.79 Å². The van der Waals surface area contributed by atoms with Gasteiger partial charge in [0.15, 0.2) is 0 Å². The minimum atomic E-state index is -0.494. The predicted octanol–water partition coefficient (Wildman–Crippen LogP) is 1.19. The summed E-state index contributed by atoms with van der Waals surface area (Å²) in [5.41, 5.74) is 12.6. The van der Waals surface area contributed by atoms with Crippen molar-refractivity contribution in [3.05, 3.63) is 24.3 Å². The Morgan fingerprint density at radius 3 is 2.60 bits per heavy atom. The van der Waals surface area contributed by atoms with Gasteiger partial charge in [-0.1, -0.05) is 19.9 Å². The normalized spacial score (nSPS) is 12.5. The fraction of sp³-hybridized carbons (Fsp3) is 0.364. The first kappa shape index (κ1) is 11.5. The highest BCUT2D eigenvalue weighted by Gasteiger charge is 2.16. The van der Waals surface area contributed by atoms with Gasteiger partial charge in [0.2, 0.25) is 5.91 Å². The van der Waals surface area contributed by atoms with Crippen LogP contribution in [0.1, 0.15) is 13.8 Å². The molecule has 1 aromatic carbocycles. The van der Waals surface area contributed by atoms with E-state index in [4.69, 9.17) is 11.5 Å². The van der Waals surface area contributed by atoms with Crippen molar-refractivity contribution in [1.29, 1.82) is 0 Å². The second kappa shape index (κ2) is 4.79. The summed E-state index contributed by atoms with van der Waals surface area (Å²) in [4.78, 5) is 11.6. The minimum absolute atomic E-state index is 0.117. The zero-order valence-corrected chi connectivity index (χ0v) is 9.03. The smallest absolute Gasteiger partial charge is 0.241 e. The third-order valence-electron chi connectivity index (χ3n) is 2.18. The van der Waals surface area contributed by atoms with Gasteiger partial charge >= 0.3 is 0 Å². The van der Waals surface area contributed by atoms with Crippen molar-refractivity contribution in [2.45, 2.75) is 19.9 Å². The molecule has 0 radical (unpaired) electrons. The van der Waals surface area contributed by atoms with Crippen LogP contribution in [0.5, 0.6) is 0 Å². The van der Waals surface area contributed by atoms with Crippen molar-refractivity contribution in [2.24, 2.45) is 11.7 Å². The lowest BCUT2D eigenvalue weighted by Gasteiger charge is -2.15. The maximum absolute atomic E-state index is 11.6. The Hall–Kier alpha value is -1.55. The fourth-order valence-corrected chi connectivity index (χ4v) is 1.14. The Balaban J connectivity index is 2.66. The molecular weight excluding hydrogens is 190 g/mol. The Kier molecular flexibility index (Phi) is 3.68. The van der Waals surface area contributed by atoms with Crippen LogP contribution in [0.3, 0.4) is 0 Å². The van der Waals surface area contributed by atoms with E-state index in [9.17, 15) is 4.79 Å². The number of nitrogens with two attached hydrogens (primary N) is 2. The van der Waals surface area contributed by atoms with E-state index in [1.807, 2.05) is 13.8 Å². The van der Waals surface area contributed by atoms with E-state index in [0.29, 0.717) is 11.4 Å². The van der Waals surface area contributed by atoms with Crippen molar-refractivity contribution in [2.75, 3.05) is 11.1 Å². The number of nitrogen functional groups attached to an aromatic ring is 1. The average Bonchev–Trinajstić information content (AvgIpc) is 2.16. The van der Waals surface area contributed by atoms with E-state index in [-0.39, 0.29) is 11.8 Å². The first-order valence-corrected chi connectivity index (χ1v) is 4.92. The molecule has 0 aliphatic heterocycles. The van der Waals surface area contributed by atoms with E-state index in [0.717, 1.165) is 0 Å². The first-order valence-electron chi connectivity index (χ1n) is 4.92. The van der Waals surface area contributed by atoms with E-state index in [2.05, 4.69) is 5.32 Å². The highest BCUT2D eigenvalue weighted by Crippen LogP contribution is 2.12. The topological polar surface area (TPSA) is 81.1 Å². The molecule has 1 rings (SSSR count). The van der Waals surface area contributed by atoms with Crippen molar-refractivity contribution >= 4 is 17.3 Å². The van der Waals surface area contributed by atoms with Gasteiger partial charge in [0.1, 0.15) is 0 Å². The van der Waals surface area contributed by atoms with E-state index in [1.165, 1.54) is 0 Å². The number of hydrogen-bond donors (Lipinski definition) is 3. The molecule has 1 unspecified atom stereocenters. The fourth-order valence-electron chi connectivity index (χ4n) is 1.14. The monoisotopic (exact) mass is 207 g/mol. The van der Waals surface area contributed by atoms with Gasteiger partial charge in [-0.15, -0.1) is 0 Å². The van der Waals surface area contributed by atoms with Crippen LogP contribution in [0, 0.1) is 5.92 Å². The SMILES string of the molecule is CC(C)C(N)C(=O)Nc1cccc(N)c1. The molecule has 0 saturated heterocycles. The summed E-state index contributed by atoms with van der Waals surface area (Å²) >= 11 is 0. The zero-order chi connectivity index (χ0) is 11.4. The molecule has 0 aromatic heterocycles. The molecule has 0 bridgehead atoms. The molecule has 1 atom stereocenters. The summed E-state index contributed by atoms with van der Waals surface area (Å²) in [5, 5.41) is 2.72. The van der Waals surface area contributed by atoms with Gasteiger partial charge in [0, 0.05) is 11.4 Å². The summed E-state index contributed by atoms with van der Waals surface area (Å²) in [7, 11) is 0. The van der Waals surface area contributed by atoms with Gasteiger partial charge < -0.3 is 16.8 Å². The van der Waals surface area contributed by atoms with Gasteiger partial charge in [-0.25, -0.2) is 0 Å². The standard InChI is InChI=1S/C11H17N3O/c1-7(2)10(13)11(15)14-9-5-3-4-8(12)6-9/h3-7,10H,12-13H2,1-2H3,(H,14,15). The summed E-state index contributed by atoms with van der Waals surface area (Å²) in [6.07, 6.45) is 0. The van der Waals surface area contributed by atoms with Crippen LogP contribution in [0.25, 0.3) is 0 Å². The van der Waals surface area contributed by atoms with Gasteiger partial charge in [0.05, 0.1) is 6.04 Å². The van der Waals surface area contributed by atoms with E-state index in [1.54, 1.807) is 24.3 Å². The van der Waals surface area contributed by atoms with Crippen molar-refractivity contribution in [3.63, 3.8) is 0 Å². The largest absolute Gasteiger partial charge is 0.399 e. The lowest BCUT2D eigenvalue weighted by molar-refractivity contribution is -0.118. The van der Waals surface area contributed by atoms with Gasteiger partial charge in [0.25, 0.3) is 0 Å². The highest BCUT2D eigenvalue weighted by molar-refractivity contribution is 5.95. The van der Waals surface area contributed by atoms with Gasteiger partial charge in [-0.2, -0.15) is 0 Å². The Morgan fingerprint density at radius 1 is 1.40 bits per heavy atom. The van der Waals surface area contributed by atoms with Gasteiger partial charge in [-0.05, 0) is 24.1 Å². The van der Waals surface area contributed by atoms with Crippen LogP contribution in [0.2, 0.25) is 0 Å². The number of carbonyl (C=O) groups is 1. The number of benzene rings is 1. The number of hydrogen-bond acceptors (Lipinski definition) is 3. The van der Waals surface area contributed by atoms with E-state index >= 15 is 0 Å². The molecule has 1 aromatic rings. The third-order valence-corrected chi connectivity index (χ3v) is 2.18. The van der Waals surface area contributed by atoms with Gasteiger partial charge in [-0.3, -0.25) is 4.79 Å². The number of rotatable bonds is 3. The lowest BCUT2D eigenvalue weighted by Crippen LogP contribution is -2.39. The summed E-state index contributed by atoms with van der Waals surface area (Å²) in [6.45, 7) is 3.81. The Labute approximate surface area is 89.6 Å². The molecule has 5 N–H and O–H groups in total. The van der Waals surface area contributed by atoms with Crippen molar-refractivity contribution in [3.8, 4) is 0 Å². The van der Waals surface area contributed by atoms with Crippen LogP contribution in [-0.4, -0.2) is 11.9 Å². The van der Waals surface area contributed by atoms with Crippen LogP contribution in [-0.2, 0) is 4.79 Å². The number of carbonyl (C=O) groups excluding carboxylic acids is 1. The molecular formula is C11H17N3O. The second-order valence-electron chi connectivity index (χ2n) is 3.88. The molecule has 0 aliphatic rings. The molecule has 82 valence electrons. The quantitative estimate of drug-likeness (QED) is 0.651. The Morgan fingerprint density at radius 2 is 2.07 bits per heavy atom. The minimum Gasteiger partial charge on any atom is -0.399 e. The van der Waals surface area contributed by atoms with Crippen LogP contribution in [0.15, 0.2) is 24.3 Å². The molecule has 4 nitrogen and oxygen atoms in total. The Bertz CT molecular complexity index is 349. The van der Waals surface area contributed by atoms with E-state index < -0.39 is 6.04 Å². The molecule has 15 heavy (non-hydrogen) atoms.